The van der Waals surface area contributed by atoms with Gasteiger partial charge in [0.05, 0.1) is 11.2 Å². The number of rotatable bonds is 1. The highest BCUT2D eigenvalue weighted by atomic mass is 16.5. The van der Waals surface area contributed by atoms with Crippen molar-refractivity contribution in [2.45, 2.75) is 81.8 Å². The lowest BCUT2D eigenvalue weighted by Crippen LogP contribution is -2.52. The Morgan fingerprint density at radius 2 is 1.71 bits per heavy atom. The predicted octanol–water partition coefficient (Wildman–Crippen LogP) is 3.91. The van der Waals surface area contributed by atoms with Crippen molar-refractivity contribution in [1.82, 2.24) is 0 Å². The van der Waals surface area contributed by atoms with E-state index in [1.54, 1.807) is 0 Å². The fraction of sp³-hybridized carbons (Fsp3) is 1.00. The van der Waals surface area contributed by atoms with E-state index >= 15 is 0 Å². The van der Waals surface area contributed by atoms with Gasteiger partial charge in [0.1, 0.15) is 0 Å². The van der Waals surface area contributed by atoms with Gasteiger partial charge in [0, 0.05) is 6.61 Å². The predicted molar refractivity (Wildman–Crippen MR) is 81.9 cm³/mol. The van der Waals surface area contributed by atoms with Crippen LogP contribution in [0, 0.1) is 29.6 Å². The Bertz CT molecular complexity index is 427. The fourth-order valence-corrected chi connectivity index (χ4v) is 7.45. The third kappa shape index (κ3) is 1.78. The van der Waals surface area contributed by atoms with Crippen LogP contribution in [0.1, 0.15) is 70.6 Å². The van der Waals surface area contributed by atoms with Crippen LogP contribution in [-0.2, 0) is 4.74 Å². The van der Waals surface area contributed by atoms with Gasteiger partial charge in [-0.25, -0.2) is 0 Å². The molecular formula is C19H30O2. The van der Waals surface area contributed by atoms with Crippen molar-refractivity contribution < 1.29 is 9.84 Å². The molecule has 5 fully saturated rings. The number of aliphatic hydroxyl groups is 1. The molecule has 1 aliphatic heterocycles. The topological polar surface area (TPSA) is 29.5 Å². The molecule has 2 nitrogen and oxygen atoms in total. The van der Waals surface area contributed by atoms with Crippen molar-refractivity contribution in [3.05, 3.63) is 0 Å². The standard InChI is InChI=1S/C19H30O2/c20-19(11-13-10-17(19)16-5-3-4-15(13)16)14-6-9-21-18(12-14)7-1-2-8-18/h13-17,20H,1-12H2. The molecule has 6 atom stereocenters. The maximum atomic E-state index is 11.6. The van der Waals surface area contributed by atoms with Gasteiger partial charge < -0.3 is 9.84 Å². The van der Waals surface area contributed by atoms with Gasteiger partial charge in [-0.2, -0.15) is 0 Å². The number of hydrogen-bond donors (Lipinski definition) is 1. The van der Waals surface area contributed by atoms with Gasteiger partial charge in [0.25, 0.3) is 0 Å². The number of fused-ring (bicyclic) bond motifs is 5. The van der Waals surface area contributed by atoms with Crippen LogP contribution in [0.5, 0.6) is 0 Å². The minimum atomic E-state index is -0.324. The van der Waals surface area contributed by atoms with E-state index in [0.717, 1.165) is 43.6 Å². The Morgan fingerprint density at radius 1 is 0.905 bits per heavy atom. The van der Waals surface area contributed by atoms with Gasteiger partial charge in [0.15, 0.2) is 0 Å². The zero-order chi connectivity index (χ0) is 14.1. The zero-order valence-electron chi connectivity index (χ0n) is 13.2. The van der Waals surface area contributed by atoms with Crippen LogP contribution >= 0.6 is 0 Å². The number of ether oxygens (including phenoxy) is 1. The molecule has 1 spiro atoms. The van der Waals surface area contributed by atoms with Crippen molar-refractivity contribution in [3.8, 4) is 0 Å². The second-order valence-electron chi connectivity index (χ2n) is 8.98. The lowest BCUT2D eigenvalue weighted by atomic mass is 9.64. The quantitative estimate of drug-likeness (QED) is 0.793. The largest absolute Gasteiger partial charge is 0.389 e. The highest BCUT2D eigenvalue weighted by Crippen LogP contribution is 2.65. The van der Waals surface area contributed by atoms with E-state index < -0.39 is 0 Å². The van der Waals surface area contributed by atoms with E-state index in [1.807, 2.05) is 0 Å². The molecule has 2 heteroatoms. The summed E-state index contributed by atoms with van der Waals surface area (Å²) >= 11 is 0. The molecule has 0 aromatic rings. The highest BCUT2D eigenvalue weighted by molar-refractivity contribution is 5.13. The Hall–Kier alpha value is -0.0800. The first-order valence-corrected chi connectivity index (χ1v) is 9.57. The van der Waals surface area contributed by atoms with Gasteiger partial charge in [-0.15, -0.1) is 0 Å². The molecular weight excluding hydrogens is 260 g/mol. The summed E-state index contributed by atoms with van der Waals surface area (Å²) in [6.07, 6.45) is 14.2. The third-order valence-electron chi connectivity index (χ3n) is 8.25. The summed E-state index contributed by atoms with van der Waals surface area (Å²) in [6, 6.07) is 0. The molecule has 2 bridgehead atoms. The molecule has 21 heavy (non-hydrogen) atoms. The van der Waals surface area contributed by atoms with Crippen molar-refractivity contribution in [1.29, 1.82) is 0 Å². The smallest absolute Gasteiger partial charge is 0.0711 e. The van der Waals surface area contributed by atoms with Crippen LogP contribution in [-0.4, -0.2) is 22.9 Å². The minimum Gasteiger partial charge on any atom is -0.389 e. The van der Waals surface area contributed by atoms with E-state index in [4.69, 9.17) is 4.74 Å². The van der Waals surface area contributed by atoms with Crippen LogP contribution in [0.4, 0.5) is 0 Å². The SMILES string of the molecule is OC1(C2CCOC3(CCCC3)C2)CC2CC1C1CCCC21. The fourth-order valence-electron chi connectivity index (χ4n) is 7.45. The normalized spacial score (nSPS) is 54.4. The summed E-state index contributed by atoms with van der Waals surface area (Å²) < 4.78 is 6.22. The summed E-state index contributed by atoms with van der Waals surface area (Å²) in [5.74, 6) is 3.87. The molecule has 4 aliphatic carbocycles. The van der Waals surface area contributed by atoms with Crippen molar-refractivity contribution in [2.75, 3.05) is 6.61 Å². The Kier molecular flexibility index (Phi) is 2.85. The molecule has 1 heterocycles. The van der Waals surface area contributed by atoms with Gasteiger partial charge in [0.2, 0.25) is 0 Å². The van der Waals surface area contributed by atoms with Crippen LogP contribution in [0.25, 0.3) is 0 Å². The maximum absolute atomic E-state index is 11.6. The molecule has 6 unspecified atom stereocenters. The van der Waals surface area contributed by atoms with Gasteiger partial charge >= 0.3 is 0 Å². The van der Waals surface area contributed by atoms with Gasteiger partial charge in [-0.3, -0.25) is 0 Å². The van der Waals surface area contributed by atoms with E-state index in [1.165, 1.54) is 51.4 Å². The second-order valence-corrected chi connectivity index (χ2v) is 8.98. The Morgan fingerprint density at radius 3 is 2.57 bits per heavy atom. The van der Waals surface area contributed by atoms with E-state index in [2.05, 4.69) is 0 Å². The molecule has 4 saturated carbocycles. The maximum Gasteiger partial charge on any atom is 0.0711 e. The van der Waals surface area contributed by atoms with Gasteiger partial charge in [-0.1, -0.05) is 19.3 Å². The monoisotopic (exact) mass is 290 g/mol. The molecule has 1 N–H and O–H groups in total. The number of hydrogen-bond acceptors (Lipinski definition) is 2. The molecule has 1 saturated heterocycles. The second kappa shape index (κ2) is 4.47. The molecule has 0 aromatic heterocycles. The minimum absolute atomic E-state index is 0.162. The van der Waals surface area contributed by atoms with Crippen LogP contribution in [0.2, 0.25) is 0 Å². The van der Waals surface area contributed by atoms with Crippen LogP contribution < -0.4 is 0 Å². The molecule has 118 valence electrons. The lowest BCUT2D eigenvalue weighted by Gasteiger charge is -2.49. The molecule has 5 rings (SSSR count). The van der Waals surface area contributed by atoms with Crippen molar-refractivity contribution >= 4 is 0 Å². The van der Waals surface area contributed by atoms with E-state index in [9.17, 15) is 5.11 Å². The zero-order valence-corrected chi connectivity index (χ0v) is 13.2. The van der Waals surface area contributed by atoms with Crippen molar-refractivity contribution in [3.63, 3.8) is 0 Å². The third-order valence-corrected chi connectivity index (χ3v) is 8.25. The lowest BCUT2D eigenvalue weighted by molar-refractivity contribution is -0.164. The molecule has 0 amide bonds. The van der Waals surface area contributed by atoms with Gasteiger partial charge in [-0.05, 0) is 81.0 Å². The first-order chi connectivity index (χ1) is 10.2. The summed E-state index contributed by atoms with van der Waals surface area (Å²) in [7, 11) is 0. The van der Waals surface area contributed by atoms with E-state index in [0.29, 0.717) is 11.8 Å². The van der Waals surface area contributed by atoms with E-state index in [-0.39, 0.29) is 11.2 Å². The first kappa shape index (κ1) is 13.4. The first-order valence-electron chi connectivity index (χ1n) is 9.57. The van der Waals surface area contributed by atoms with Crippen molar-refractivity contribution in [2.24, 2.45) is 29.6 Å². The Balaban J connectivity index is 1.40. The molecule has 5 aliphatic rings. The average Bonchev–Trinajstić information content (AvgIpc) is 3.20. The average molecular weight is 290 g/mol. The Labute approximate surface area is 128 Å². The highest BCUT2D eigenvalue weighted by Gasteiger charge is 2.63. The molecule has 0 radical (unpaired) electrons. The summed E-state index contributed by atoms with van der Waals surface area (Å²) in [5.41, 5.74) is -0.162. The summed E-state index contributed by atoms with van der Waals surface area (Å²) in [6.45, 7) is 0.901. The van der Waals surface area contributed by atoms with Crippen LogP contribution in [0.15, 0.2) is 0 Å². The summed E-state index contributed by atoms with van der Waals surface area (Å²) in [5, 5.41) is 11.6. The summed E-state index contributed by atoms with van der Waals surface area (Å²) in [4.78, 5) is 0. The molecule has 0 aromatic carbocycles. The van der Waals surface area contributed by atoms with Crippen LogP contribution in [0.3, 0.4) is 0 Å².